The zero-order valence-electron chi connectivity index (χ0n) is 13.3. The molecule has 2 rings (SSSR count). The molecule has 0 radical (unpaired) electrons. The molecule has 0 saturated carbocycles. The molecule has 1 atom stereocenters. The van der Waals surface area contributed by atoms with E-state index in [1.165, 1.54) is 6.08 Å². The normalized spacial score (nSPS) is 12.4. The van der Waals surface area contributed by atoms with Crippen molar-refractivity contribution in [3.05, 3.63) is 53.4 Å². The Bertz CT molecular complexity index is 689. The molecule has 22 heavy (non-hydrogen) atoms. The molecule has 5 nitrogen and oxygen atoms in total. The van der Waals surface area contributed by atoms with Crippen LogP contribution in [-0.2, 0) is 11.8 Å². The third kappa shape index (κ3) is 3.97. The van der Waals surface area contributed by atoms with Gasteiger partial charge in [0.1, 0.15) is 5.75 Å². The summed E-state index contributed by atoms with van der Waals surface area (Å²) in [4.78, 5) is 12.0. The van der Waals surface area contributed by atoms with Crippen molar-refractivity contribution in [2.75, 3.05) is 7.11 Å². The summed E-state index contributed by atoms with van der Waals surface area (Å²) >= 11 is 0. The fraction of sp³-hybridized carbons (Fsp3) is 0.294. The highest BCUT2D eigenvalue weighted by Crippen LogP contribution is 2.25. The van der Waals surface area contributed by atoms with Gasteiger partial charge in [-0.2, -0.15) is 5.10 Å². The minimum absolute atomic E-state index is 0.138. The molecule has 0 spiro atoms. The van der Waals surface area contributed by atoms with E-state index in [2.05, 4.69) is 10.4 Å². The molecule has 0 bridgehead atoms. The number of carbonyl (C=O) groups is 1. The molecule has 1 aromatic heterocycles. The molecule has 0 aliphatic rings. The molecule has 0 saturated heterocycles. The number of nitrogens with zero attached hydrogens (tertiary/aromatic N) is 2. The molecular formula is C17H21N3O2. The number of hydrogen-bond acceptors (Lipinski definition) is 3. The van der Waals surface area contributed by atoms with E-state index >= 15 is 0 Å². The third-order valence-corrected chi connectivity index (χ3v) is 3.36. The van der Waals surface area contributed by atoms with Crippen LogP contribution >= 0.6 is 0 Å². The Morgan fingerprint density at radius 3 is 2.86 bits per heavy atom. The smallest absolute Gasteiger partial charge is 0.244 e. The third-order valence-electron chi connectivity index (χ3n) is 3.36. The number of methoxy groups -OCH3 is 1. The van der Waals surface area contributed by atoms with E-state index < -0.39 is 0 Å². The number of ether oxygens (including phenoxy) is 1. The Hall–Kier alpha value is -2.56. The first-order chi connectivity index (χ1) is 10.5. The van der Waals surface area contributed by atoms with Gasteiger partial charge >= 0.3 is 0 Å². The zero-order valence-corrected chi connectivity index (χ0v) is 13.3. The molecule has 1 amide bonds. The Kier molecular flexibility index (Phi) is 4.99. The van der Waals surface area contributed by atoms with Crippen molar-refractivity contribution < 1.29 is 9.53 Å². The van der Waals surface area contributed by atoms with Crippen molar-refractivity contribution in [2.24, 2.45) is 7.05 Å². The highest BCUT2D eigenvalue weighted by Gasteiger charge is 2.13. The van der Waals surface area contributed by atoms with Crippen LogP contribution in [0.4, 0.5) is 0 Å². The predicted octanol–water partition coefficient (Wildman–Crippen LogP) is 2.63. The maximum atomic E-state index is 12.0. The van der Waals surface area contributed by atoms with E-state index in [0.717, 1.165) is 22.4 Å². The molecule has 1 N–H and O–H groups in total. The van der Waals surface area contributed by atoms with Crippen molar-refractivity contribution >= 4 is 12.0 Å². The maximum Gasteiger partial charge on any atom is 0.244 e. The van der Waals surface area contributed by atoms with Crippen LogP contribution in [0.25, 0.3) is 6.08 Å². The monoisotopic (exact) mass is 299 g/mol. The Morgan fingerprint density at radius 1 is 1.45 bits per heavy atom. The quantitative estimate of drug-likeness (QED) is 0.864. The highest BCUT2D eigenvalue weighted by atomic mass is 16.5. The van der Waals surface area contributed by atoms with Crippen molar-refractivity contribution in [3.8, 4) is 5.75 Å². The SMILES string of the molecule is COc1ccc(C)cc1C(C)NC(=O)/C=C/c1cnn(C)c1. The van der Waals surface area contributed by atoms with E-state index in [-0.39, 0.29) is 11.9 Å². The first kappa shape index (κ1) is 15.8. The van der Waals surface area contributed by atoms with E-state index in [1.807, 2.05) is 45.3 Å². The van der Waals surface area contributed by atoms with Crippen LogP contribution in [-0.4, -0.2) is 22.8 Å². The molecule has 1 heterocycles. The predicted molar refractivity (Wildman–Crippen MR) is 86.5 cm³/mol. The van der Waals surface area contributed by atoms with E-state index in [0.29, 0.717) is 0 Å². The minimum atomic E-state index is -0.153. The summed E-state index contributed by atoms with van der Waals surface area (Å²) in [6.07, 6.45) is 6.80. The van der Waals surface area contributed by atoms with Crippen molar-refractivity contribution in [1.82, 2.24) is 15.1 Å². The first-order valence-electron chi connectivity index (χ1n) is 7.11. The van der Waals surface area contributed by atoms with Crippen LogP contribution in [0.5, 0.6) is 5.75 Å². The molecule has 1 aromatic carbocycles. The van der Waals surface area contributed by atoms with Crippen LogP contribution < -0.4 is 10.1 Å². The van der Waals surface area contributed by atoms with Gasteiger partial charge in [-0.05, 0) is 26.0 Å². The lowest BCUT2D eigenvalue weighted by Gasteiger charge is -2.17. The molecule has 0 aliphatic heterocycles. The lowest BCUT2D eigenvalue weighted by molar-refractivity contribution is -0.117. The highest BCUT2D eigenvalue weighted by molar-refractivity contribution is 5.91. The summed E-state index contributed by atoms with van der Waals surface area (Å²) in [6.45, 7) is 3.95. The topological polar surface area (TPSA) is 56.1 Å². The zero-order chi connectivity index (χ0) is 16.1. The minimum Gasteiger partial charge on any atom is -0.496 e. The molecule has 2 aromatic rings. The summed E-state index contributed by atoms with van der Waals surface area (Å²) in [6, 6.07) is 5.79. The summed E-state index contributed by atoms with van der Waals surface area (Å²) < 4.78 is 7.05. The number of amides is 1. The standard InChI is InChI=1S/C17H21N3O2/c1-12-5-7-16(22-4)15(9-12)13(2)19-17(21)8-6-14-10-18-20(3)11-14/h5-11,13H,1-4H3,(H,19,21)/b8-6+. The average molecular weight is 299 g/mol. The number of aryl methyl sites for hydroxylation is 2. The van der Waals surface area contributed by atoms with Gasteiger partial charge in [0.2, 0.25) is 5.91 Å². The summed E-state index contributed by atoms with van der Waals surface area (Å²) in [5.41, 5.74) is 2.98. The largest absolute Gasteiger partial charge is 0.496 e. The van der Waals surface area contributed by atoms with Crippen LogP contribution in [0.3, 0.4) is 0 Å². The average Bonchev–Trinajstić information content (AvgIpc) is 2.90. The van der Waals surface area contributed by atoms with Crippen LogP contribution in [0, 0.1) is 6.92 Å². The number of rotatable bonds is 5. The lowest BCUT2D eigenvalue weighted by Crippen LogP contribution is -2.25. The fourth-order valence-electron chi connectivity index (χ4n) is 2.23. The van der Waals surface area contributed by atoms with E-state index in [1.54, 1.807) is 24.1 Å². The van der Waals surface area contributed by atoms with Gasteiger partial charge in [-0.15, -0.1) is 0 Å². The molecule has 116 valence electrons. The van der Waals surface area contributed by atoms with Crippen molar-refractivity contribution in [3.63, 3.8) is 0 Å². The van der Waals surface area contributed by atoms with E-state index in [9.17, 15) is 4.79 Å². The Balaban J connectivity index is 2.05. The Morgan fingerprint density at radius 2 is 2.23 bits per heavy atom. The Labute approximate surface area is 130 Å². The van der Waals surface area contributed by atoms with Gasteiger partial charge in [0.15, 0.2) is 0 Å². The molecule has 0 aliphatic carbocycles. The molecule has 0 fully saturated rings. The number of hydrogen-bond donors (Lipinski definition) is 1. The van der Waals surface area contributed by atoms with E-state index in [4.69, 9.17) is 4.74 Å². The molecular weight excluding hydrogens is 278 g/mol. The summed E-state index contributed by atoms with van der Waals surface area (Å²) in [5.74, 6) is 0.620. The maximum absolute atomic E-state index is 12.0. The van der Waals surface area contributed by atoms with Crippen LogP contribution in [0.1, 0.15) is 29.7 Å². The second kappa shape index (κ2) is 6.93. The lowest BCUT2D eigenvalue weighted by atomic mass is 10.0. The van der Waals surface area contributed by atoms with Gasteiger partial charge in [0, 0.05) is 30.4 Å². The summed E-state index contributed by atoms with van der Waals surface area (Å²) in [5, 5.41) is 6.99. The second-order valence-corrected chi connectivity index (χ2v) is 5.26. The van der Waals surface area contributed by atoms with Crippen LogP contribution in [0.15, 0.2) is 36.7 Å². The van der Waals surface area contributed by atoms with Gasteiger partial charge in [-0.3, -0.25) is 9.48 Å². The van der Waals surface area contributed by atoms with Gasteiger partial charge < -0.3 is 10.1 Å². The number of benzene rings is 1. The number of carbonyl (C=O) groups excluding carboxylic acids is 1. The second-order valence-electron chi connectivity index (χ2n) is 5.26. The van der Waals surface area contributed by atoms with Gasteiger partial charge in [0.25, 0.3) is 0 Å². The van der Waals surface area contributed by atoms with Crippen molar-refractivity contribution in [1.29, 1.82) is 0 Å². The van der Waals surface area contributed by atoms with Gasteiger partial charge in [-0.1, -0.05) is 17.7 Å². The molecule has 5 heteroatoms. The number of nitrogens with one attached hydrogen (secondary N) is 1. The van der Waals surface area contributed by atoms with Gasteiger partial charge in [-0.25, -0.2) is 0 Å². The van der Waals surface area contributed by atoms with Crippen molar-refractivity contribution in [2.45, 2.75) is 19.9 Å². The van der Waals surface area contributed by atoms with Gasteiger partial charge in [0.05, 0.1) is 19.3 Å². The fourth-order valence-corrected chi connectivity index (χ4v) is 2.23. The summed E-state index contributed by atoms with van der Waals surface area (Å²) in [7, 11) is 3.47. The van der Waals surface area contributed by atoms with Crippen LogP contribution in [0.2, 0.25) is 0 Å². The first-order valence-corrected chi connectivity index (χ1v) is 7.11. The number of aromatic nitrogens is 2. The molecule has 1 unspecified atom stereocenters.